The van der Waals surface area contributed by atoms with Gasteiger partial charge in [-0.15, -0.1) is 0 Å². The molecule has 2 aromatic carbocycles. The Labute approximate surface area is 127 Å². The van der Waals surface area contributed by atoms with Crippen LogP contribution in [0.2, 0.25) is 0 Å². The van der Waals surface area contributed by atoms with Crippen LogP contribution in [0.4, 0.5) is 18.9 Å². The van der Waals surface area contributed by atoms with E-state index in [4.69, 9.17) is 4.74 Å². The highest BCUT2D eigenvalue weighted by atomic mass is 19.4. The molecule has 0 aliphatic heterocycles. The maximum atomic E-state index is 13.2. The van der Waals surface area contributed by atoms with Crippen molar-refractivity contribution < 1.29 is 28.1 Å². The highest BCUT2D eigenvalue weighted by Gasteiger charge is 2.43. The lowest BCUT2D eigenvalue weighted by molar-refractivity contribution is -0.144. The number of benzene rings is 1. The number of nitrogens with one attached hydrogen (secondary N) is 1. The lowest BCUT2D eigenvalue weighted by Crippen LogP contribution is -2.39. The van der Waals surface area contributed by atoms with Gasteiger partial charge in [-0.1, -0.05) is 6.07 Å². The van der Waals surface area contributed by atoms with E-state index < -0.39 is 51.6 Å². The summed E-state index contributed by atoms with van der Waals surface area (Å²) < 4.78 is 44.5. The van der Waals surface area contributed by atoms with Crippen molar-refractivity contribution >= 4 is 5.69 Å². The molecule has 9 heteroatoms. The maximum Gasteiger partial charge on any atom is 0.412 e. The van der Waals surface area contributed by atoms with Gasteiger partial charge in [0.2, 0.25) is 0 Å². The minimum atomic E-state index is -4.83. The highest BCUT2D eigenvalue weighted by Crippen LogP contribution is 2.39. The van der Waals surface area contributed by atoms with E-state index in [0.29, 0.717) is 6.07 Å². The van der Waals surface area contributed by atoms with Crippen molar-refractivity contribution in [2.24, 2.45) is 0 Å². The van der Waals surface area contributed by atoms with E-state index in [0.717, 1.165) is 12.1 Å². The summed E-state index contributed by atoms with van der Waals surface area (Å²) >= 11 is 0. The molecule has 0 aliphatic rings. The molecule has 0 saturated heterocycles. The molecule has 0 fully saturated rings. The summed E-state index contributed by atoms with van der Waals surface area (Å²) in [5, 5.41) is 20.5. The van der Waals surface area contributed by atoms with Crippen LogP contribution < -0.4 is 20.9 Å². The van der Waals surface area contributed by atoms with Gasteiger partial charge in [0, 0.05) is 0 Å². The zero-order chi connectivity index (χ0) is 17.4. The number of hydrogen-bond donors (Lipinski definition) is 3. The predicted molar refractivity (Wildman–Crippen MR) is 74.7 cm³/mol. The van der Waals surface area contributed by atoms with Crippen LogP contribution in [0.5, 0.6) is 17.2 Å². The van der Waals surface area contributed by atoms with Gasteiger partial charge in [0.15, 0.2) is 17.2 Å². The molecule has 0 saturated carbocycles. The van der Waals surface area contributed by atoms with E-state index in [1.165, 1.54) is 6.92 Å². The number of halogens is 3. The van der Waals surface area contributed by atoms with E-state index in [-0.39, 0.29) is 6.61 Å². The van der Waals surface area contributed by atoms with Crippen LogP contribution in [-0.4, -0.2) is 23.0 Å². The van der Waals surface area contributed by atoms with Crippen molar-refractivity contribution in [3.8, 4) is 17.2 Å². The minimum Gasteiger partial charge on any atom is -0.504 e. The Balaban J connectivity index is 2.42. The summed E-state index contributed by atoms with van der Waals surface area (Å²) in [5.74, 6) is -1.78. The van der Waals surface area contributed by atoms with Crippen molar-refractivity contribution in [1.82, 2.24) is 0 Å². The Bertz CT molecular complexity index is 793. The first kappa shape index (κ1) is 16.7. The van der Waals surface area contributed by atoms with Crippen molar-refractivity contribution in [3.63, 3.8) is 0 Å². The van der Waals surface area contributed by atoms with Gasteiger partial charge >= 0.3 is 6.18 Å². The van der Waals surface area contributed by atoms with Crippen LogP contribution >= 0.6 is 0 Å². The summed E-state index contributed by atoms with van der Waals surface area (Å²) in [6, 6.07) is 0.172. The Kier molecular flexibility index (Phi) is 4.22. The fourth-order valence-corrected chi connectivity index (χ4v) is 2.00. The molecule has 23 heavy (non-hydrogen) atoms. The van der Waals surface area contributed by atoms with Crippen molar-refractivity contribution in [2.45, 2.75) is 19.1 Å². The van der Waals surface area contributed by atoms with Crippen molar-refractivity contribution in [3.05, 3.63) is 44.2 Å². The molecule has 0 spiro atoms. The number of hydrogen-bond acceptors (Lipinski definition) is 6. The molecule has 0 amide bonds. The second-order valence-electron chi connectivity index (χ2n) is 4.66. The van der Waals surface area contributed by atoms with Crippen molar-refractivity contribution in [2.75, 3.05) is 11.9 Å². The molecular weight excluding hydrogens is 319 g/mol. The van der Waals surface area contributed by atoms with Crippen LogP contribution in [0.1, 0.15) is 18.5 Å². The number of aromatic hydroxyl groups is 2. The molecule has 3 N–H and O–H groups in total. The largest absolute Gasteiger partial charge is 0.504 e. The number of alkyl halides is 3. The van der Waals surface area contributed by atoms with Gasteiger partial charge in [0.05, 0.1) is 6.61 Å². The van der Waals surface area contributed by atoms with Gasteiger partial charge in [-0.05, 0) is 24.6 Å². The number of rotatable bonds is 5. The SMILES string of the molecule is CCOc1c(N[C@@H](c2ccc(O)c(O)c2)C(F)(F)F)c(=O)c1=O. The smallest absolute Gasteiger partial charge is 0.412 e. The number of anilines is 1. The normalized spacial score (nSPS) is 13.0. The fraction of sp³-hybridized carbons (Fsp3) is 0.286. The second kappa shape index (κ2) is 5.82. The molecule has 0 unspecified atom stereocenters. The Hall–Kier alpha value is -2.71. The molecular formula is C14H12F3NO5. The van der Waals surface area contributed by atoms with E-state index in [2.05, 4.69) is 0 Å². The lowest BCUT2D eigenvalue weighted by Gasteiger charge is -2.24. The molecule has 2 rings (SSSR count). The van der Waals surface area contributed by atoms with Crippen LogP contribution in [0, 0.1) is 0 Å². The second-order valence-corrected chi connectivity index (χ2v) is 4.66. The number of phenols is 2. The summed E-state index contributed by atoms with van der Waals surface area (Å²) in [6.07, 6.45) is -4.83. The quantitative estimate of drug-likeness (QED) is 0.571. The summed E-state index contributed by atoms with van der Waals surface area (Å²) in [5.41, 5.74) is -3.11. The average molecular weight is 331 g/mol. The Morgan fingerprint density at radius 2 is 1.83 bits per heavy atom. The molecule has 124 valence electrons. The Morgan fingerprint density at radius 3 is 2.35 bits per heavy atom. The minimum absolute atomic E-state index is 0.0101. The third-order valence-electron chi connectivity index (χ3n) is 3.10. The number of phenolic OH excluding ortho intramolecular Hbond substituents is 2. The average Bonchev–Trinajstić information content (AvgIpc) is 2.48. The first-order chi connectivity index (χ1) is 10.7. The van der Waals surface area contributed by atoms with Gasteiger partial charge in [-0.2, -0.15) is 13.2 Å². The van der Waals surface area contributed by atoms with Gasteiger partial charge < -0.3 is 20.3 Å². The molecule has 1 atom stereocenters. The standard InChI is InChI=1S/C14H12F3NO5/c1-2-23-12-9(10(21)11(12)22)18-13(14(15,16)17)6-3-4-7(19)8(20)5-6/h3-5,13,18-20H,2H2,1H3/t13-/m0/s1. The summed E-state index contributed by atoms with van der Waals surface area (Å²) in [4.78, 5) is 22.8. The fourth-order valence-electron chi connectivity index (χ4n) is 2.00. The van der Waals surface area contributed by atoms with Crippen LogP contribution in [0.3, 0.4) is 0 Å². The molecule has 0 aromatic heterocycles. The van der Waals surface area contributed by atoms with E-state index in [9.17, 15) is 33.0 Å². The Morgan fingerprint density at radius 1 is 1.17 bits per heavy atom. The molecule has 0 aliphatic carbocycles. The maximum absolute atomic E-state index is 13.2. The molecule has 2 aromatic rings. The monoisotopic (exact) mass is 331 g/mol. The summed E-state index contributed by atoms with van der Waals surface area (Å²) in [6.45, 7) is 1.52. The lowest BCUT2D eigenvalue weighted by atomic mass is 10.0. The molecule has 0 heterocycles. The van der Waals surface area contributed by atoms with Crippen LogP contribution in [0.15, 0.2) is 27.8 Å². The molecule has 0 bridgehead atoms. The summed E-state index contributed by atoms with van der Waals surface area (Å²) in [7, 11) is 0. The molecule has 0 radical (unpaired) electrons. The zero-order valence-corrected chi connectivity index (χ0v) is 11.8. The van der Waals surface area contributed by atoms with Crippen LogP contribution in [-0.2, 0) is 0 Å². The number of ether oxygens (including phenoxy) is 1. The van der Waals surface area contributed by atoms with E-state index >= 15 is 0 Å². The topological polar surface area (TPSA) is 95.9 Å². The van der Waals surface area contributed by atoms with Gasteiger partial charge in [-0.25, -0.2) is 0 Å². The highest BCUT2D eigenvalue weighted by molar-refractivity contribution is 5.63. The van der Waals surface area contributed by atoms with E-state index in [1.807, 2.05) is 5.32 Å². The van der Waals surface area contributed by atoms with Crippen LogP contribution in [0.25, 0.3) is 0 Å². The molecule has 6 nitrogen and oxygen atoms in total. The van der Waals surface area contributed by atoms with Gasteiger partial charge in [0.25, 0.3) is 10.9 Å². The van der Waals surface area contributed by atoms with E-state index in [1.54, 1.807) is 0 Å². The van der Waals surface area contributed by atoms with Gasteiger partial charge in [-0.3, -0.25) is 9.59 Å². The first-order valence-corrected chi connectivity index (χ1v) is 6.48. The van der Waals surface area contributed by atoms with Crippen molar-refractivity contribution in [1.29, 1.82) is 0 Å². The zero-order valence-electron chi connectivity index (χ0n) is 11.8. The third kappa shape index (κ3) is 3.08. The van der Waals surface area contributed by atoms with Gasteiger partial charge in [0.1, 0.15) is 11.7 Å². The first-order valence-electron chi connectivity index (χ1n) is 6.48. The predicted octanol–water partition coefficient (Wildman–Crippen LogP) is 1.81. The third-order valence-corrected chi connectivity index (χ3v) is 3.10.